The van der Waals surface area contributed by atoms with E-state index in [9.17, 15) is 14.6 Å². The number of hydrogen-bond donors (Lipinski definition) is 1. The van der Waals surface area contributed by atoms with E-state index >= 15 is 0 Å². The summed E-state index contributed by atoms with van der Waals surface area (Å²) in [5.41, 5.74) is 0. The normalized spacial score (nSPS) is 15.1. The Bertz CT molecular complexity index is 524. The molecule has 34 heavy (non-hydrogen) atoms. The van der Waals surface area contributed by atoms with Crippen LogP contribution in [0.4, 0.5) is 0 Å². The summed E-state index contributed by atoms with van der Waals surface area (Å²) in [6.45, 7) is 3.11. The fourth-order valence-corrected chi connectivity index (χ4v) is 4.09. The number of nitrogens with zero attached hydrogens (tertiary/aromatic N) is 1. The number of aliphatic hydroxyl groups excluding tert-OH is 1. The van der Waals surface area contributed by atoms with Gasteiger partial charge in [-0.05, 0) is 32.1 Å². The highest BCUT2D eigenvalue weighted by Gasteiger charge is 2.15. The number of aliphatic hydroxyl groups is 1. The Labute approximate surface area is 210 Å². The fourth-order valence-electron chi connectivity index (χ4n) is 3.36. The maximum Gasteiger partial charge on any atom is 0.268 e. The quantitative estimate of drug-likeness (QED) is 0.0748. The van der Waals surface area contributed by atoms with Crippen molar-refractivity contribution in [2.24, 2.45) is 0 Å². The molecular formula is C26H54NO6P. The van der Waals surface area contributed by atoms with Gasteiger partial charge in [0.05, 0.1) is 34.4 Å². The second-order valence-corrected chi connectivity index (χ2v) is 11.7. The lowest BCUT2D eigenvalue weighted by atomic mass is 10.1. The first-order chi connectivity index (χ1) is 16.2. The highest BCUT2D eigenvalue weighted by atomic mass is 31.2. The van der Waals surface area contributed by atoms with Crippen LogP contribution >= 0.6 is 7.82 Å². The first-order valence-corrected chi connectivity index (χ1v) is 14.9. The van der Waals surface area contributed by atoms with Crippen LogP contribution in [0.5, 0.6) is 0 Å². The Hall–Kier alpha value is -0.270. The van der Waals surface area contributed by atoms with Gasteiger partial charge in [-0.25, -0.2) is 0 Å². The summed E-state index contributed by atoms with van der Waals surface area (Å²) in [6, 6.07) is 0. The van der Waals surface area contributed by atoms with Gasteiger partial charge in [0.2, 0.25) is 0 Å². The van der Waals surface area contributed by atoms with E-state index < -0.39 is 13.9 Å². The number of quaternary nitrogens is 1. The van der Waals surface area contributed by atoms with Crippen molar-refractivity contribution >= 4 is 7.82 Å². The van der Waals surface area contributed by atoms with Gasteiger partial charge in [0.1, 0.15) is 19.3 Å². The average Bonchev–Trinajstić information content (AvgIpc) is 2.76. The zero-order valence-corrected chi connectivity index (χ0v) is 23.4. The zero-order valence-electron chi connectivity index (χ0n) is 22.5. The third-order valence-electron chi connectivity index (χ3n) is 5.55. The number of likely N-dealkylation sites (N-methyl/N-ethyl adjacent to an activating group) is 1. The van der Waals surface area contributed by atoms with Crippen LogP contribution in [-0.2, 0) is 18.3 Å². The van der Waals surface area contributed by atoms with E-state index in [1.54, 1.807) is 0 Å². The van der Waals surface area contributed by atoms with Crippen molar-refractivity contribution in [2.75, 3.05) is 54.1 Å². The molecule has 0 aliphatic rings. The minimum absolute atomic E-state index is 0.0475. The van der Waals surface area contributed by atoms with Crippen LogP contribution < -0.4 is 4.89 Å². The van der Waals surface area contributed by atoms with Crippen LogP contribution in [0.2, 0.25) is 0 Å². The van der Waals surface area contributed by atoms with Crippen LogP contribution in [0.25, 0.3) is 0 Å². The predicted molar refractivity (Wildman–Crippen MR) is 139 cm³/mol. The number of rotatable bonds is 25. The molecule has 0 fully saturated rings. The molecule has 2 atom stereocenters. The lowest BCUT2D eigenvalue weighted by Crippen LogP contribution is -2.37. The van der Waals surface area contributed by atoms with Crippen molar-refractivity contribution in [3.8, 4) is 0 Å². The molecule has 0 aliphatic carbocycles. The van der Waals surface area contributed by atoms with Gasteiger partial charge in [-0.15, -0.1) is 0 Å². The average molecular weight is 508 g/mol. The van der Waals surface area contributed by atoms with E-state index in [1.807, 2.05) is 21.1 Å². The van der Waals surface area contributed by atoms with Gasteiger partial charge in [0.25, 0.3) is 7.82 Å². The van der Waals surface area contributed by atoms with Crippen LogP contribution in [0.15, 0.2) is 12.2 Å². The molecule has 1 N–H and O–H groups in total. The van der Waals surface area contributed by atoms with Crippen molar-refractivity contribution in [1.29, 1.82) is 0 Å². The fraction of sp³-hybridized carbons (Fsp3) is 0.923. The summed E-state index contributed by atoms with van der Waals surface area (Å²) >= 11 is 0. The molecule has 0 aliphatic heterocycles. The summed E-state index contributed by atoms with van der Waals surface area (Å²) < 4.78 is 27.2. The molecule has 0 radical (unpaired) electrons. The zero-order chi connectivity index (χ0) is 25.5. The van der Waals surface area contributed by atoms with Gasteiger partial charge in [0.15, 0.2) is 0 Å². The first-order valence-electron chi connectivity index (χ1n) is 13.5. The number of ether oxygens (including phenoxy) is 1. The molecule has 0 heterocycles. The number of hydrogen-bond acceptors (Lipinski definition) is 6. The molecule has 0 aromatic carbocycles. The third-order valence-corrected chi connectivity index (χ3v) is 6.51. The van der Waals surface area contributed by atoms with Crippen LogP contribution in [0.3, 0.4) is 0 Å². The molecule has 7 nitrogen and oxygen atoms in total. The minimum atomic E-state index is -4.39. The molecule has 0 spiro atoms. The smallest absolute Gasteiger partial charge is 0.268 e. The van der Waals surface area contributed by atoms with E-state index in [-0.39, 0.29) is 19.8 Å². The SMILES string of the molecule is CCCCCCCCCC/C=C\CCCCCCOC[C@@H](O)COP(=O)([O-])OCC[N+](C)(C)C. The summed E-state index contributed by atoms with van der Waals surface area (Å²) in [6.07, 6.45) is 21.4. The van der Waals surface area contributed by atoms with Crippen molar-refractivity contribution < 1.29 is 32.8 Å². The van der Waals surface area contributed by atoms with E-state index in [1.165, 1.54) is 70.6 Å². The largest absolute Gasteiger partial charge is 0.756 e. The molecule has 0 aromatic rings. The molecule has 204 valence electrons. The third kappa shape index (κ3) is 26.3. The molecule has 0 amide bonds. The first kappa shape index (κ1) is 33.7. The molecule has 0 saturated carbocycles. The Kier molecular flexibility index (Phi) is 21.8. The van der Waals surface area contributed by atoms with Crippen molar-refractivity contribution in [1.82, 2.24) is 0 Å². The summed E-state index contributed by atoms with van der Waals surface area (Å²) in [5.74, 6) is 0. The van der Waals surface area contributed by atoms with Crippen molar-refractivity contribution in [2.45, 2.75) is 103 Å². The summed E-state index contributed by atoms with van der Waals surface area (Å²) in [5, 5.41) is 9.83. The molecular weight excluding hydrogens is 453 g/mol. The Balaban J connectivity index is 3.44. The Morgan fingerprint density at radius 2 is 1.32 bits per heavy atom. The van der Waals surface area contributed by atoms with Crippen molar-refractivity contribution in [3.63, 3.8) is 0 Å². The Morgan fingerprint density at radius 1 is 0.794 bits per heavy atom. The van der Waals surface area contributed by atoms with Gasteiger partial charge in [-0.1, -0.05) is 76.9 Å². The molecule has 1 unspecified atom stereocenters. The molecule has 8 heteroatoms. The van der Waals surface area contributed by atoms with Crippen molar-refractivity contribution in [3.05, 3.63) is 12.2 Å². The maximum atomic E-state index is 11.7. The standard InChI is InChI=1S/C26H54NO6P/c1-5-6-7-8-9-10-11-12-13-14-15-16-17-18-19-20-22-31-24-26(28)25-33-34(29,30)32-23-21-27(2,3)4/h14-15,26,28H,5-13,16-25H2,1-4H3/b15-14-/t26-/m1/s1. The van der Waals surface area contributed by atoms with Gasteiger partial charge in [0, 0.05) is 6.61 Å². The molecule has 0 aromatic heterocycles. The van der Waals surface area contributed by atoms with E-state index in [4.69, 9.17) is 13.8 Å². The van der Waals surface area contributed by atoms with Crippen LogP contribution in [-0.4, -0.2) is 69.8 Å². The van der Waals surface area contributed by atoms with E-state index in [2.05, 4.69) is 19.1 Å². The molecule has 0 rings (SSSR count). The second-order valence-electron chi connectivity index (χ2n) is 10.3. The monoisotopic (exact) mass is 507 g/mol. The highest BCUT2D eigenvalue weighted by Crippen LogP contribution is 2.38. The lowest BCUT2D eigenvalue weighted by molar-refractivity contribution is -0.870. The van der Waals surface area contributed by atoms with Gasteiger partial charge in [-0.2, -0.15) is 0 Å². The van der Waals surface area contributed by atoms with E-state index in [0.29, 0.717) is 17.6 Å². The lowest BCUT2D eigenvalue weighted by Gasteiger charge is -2.27. The van der Waals surface area contributed by atoms with Crippen LogP contribution in [0.1, 0.15) is 96.8 Å². The highest BCUT2D eigenvalue weighted by molar-refractivity contribution is 7.45. The van der Waals surface area contributed by atoms with Crippen LogP contribution in [0, 0.1) is 0 Å². The summed E-state index contributed by atoms with van der Waals surface area (Å²) in [7, 11) is 1.43. The maximum absolute atomic E-state index is 11.7. The summed E-state index contributed by atoms with van der Waals surface area (Å²) in [4.78, 5) is 11.7. The molecule has 0 bridgehead atoms. The second kappa shape index (κ2) is 22.0. The minimum Gasteiger partial charge on any atom is -0.756 e. The van der Waals surface area contributed by atoms with Gasteiger partial charge < -0.3 is 28.3 Å². The topological polar surface area (TPSA) is 88.0 Å². The molecule has 0 saturated heterocycles. The number of unbranched alkanes of at least 4 members (excludes halogenated alkanes) is 12. The van der Waals surface area contributed by atoms with E-state index in [0.717, 1.165) is 19.3 Å². The number of phosphoric acid groups is 1. The predicted octanol–water partition coefficient (Wildman–Crippen LogP) is 5.61. The number of phosphoric ester groups is 1. The number of allylic oxidation sites excluding steroid dienone is 2. The van der Waals surface area contributed by atoms with Gasteiger partial charge in [-0.3, -0.25) is 4.57 Å². The Morgan fingerprint density at radius 3 is 1.88 bits per heavy atom. The van der Waals surface area contributed by atoms with Gasteiger partial charge >= 0.3 is 0 Å².